The van der Waals surface area contributed by atoms with E-state index in [-0.39, 0.29) is 17.4 Å². The summed E-state index contributed by atoms with van der Waals surface area (Å²) in [5.41, 5.74) is 0.490. The van der Waals surface area contributed by atoms with Crippen molar-refractivity contribution in [3.8, 4) is 0 Å². The third-order valence-electron chi connectivity index (χ3n) is 4.03. The summed E-state index contributed by atoms with van der Waals surface area (Å²) >= 11 is 0. The SMILES string of the molecule is Cc1nc([C@H]2CCN(C(=O)Nc3cnc(C(C)(C)C)nc3)C2)n[nH]1. The van der Waals surface area contributed by atoms with Gasteiger partial charge in [-0.05, 0) is 13.3 Å². The molecular formula is C16H23N7O. The zero-order valence-electron chi connectivity index (χ0n) is 14.5. The van der Waals surface area contributed by atoms with Crippen LogP contribution in [0.1, 0.15) is 50.6 Å². The third-order valence-corrected chi connectivity index (χ3v) is 4.03. The molecule has 0 spiro atoms. The largest absolute Gasteiger partial charge is 0.324 e. The van der Waals surface area contributed by atoms with Crippen molar-refractivity contribution >= 4 is 11.7 Å². The number of rotatable bonds is 2. The van der Waals surface area contributed by atoms with Gasteiger partial charge in [0.15, 0.2) is 5.82 Å². The Balaban J connectivity index is 1.59. The van der Waals surface area contributed by atoms with Crippen LogP contribution in [0.25, 0.3) is 0 Å². The molecule has 0 aliphatic carbocycles. The summed E-state index contributed by atoms with van der Waals surface area (Å²) < 4.78 is 0. The van der Waals surface area contributed by atoms with Gasteiger partial charge in [0.1, 0.15) is 11.6 Å². The summed E-state index contributed by atoms with van der Waals surface area (Å²) in [6, 6.07) is -0.142. The highest BCUT2D eigenvalue weighted by molar-refractivity contribution is 5.89. The van der Waals surface area contributed by atoms with E-state index in [2.05, 4.69) is 51.2 Å². The Kier molecular flexibility index (Phi) is 4.21. The zero-order valence-corrected chi connectivity index (χ0v) is 14.5. The summed E-state index contributed by atoms with van der Waals surface area (Å²) in [5.74, 6) is 2.51. The van der Waals surface area contributed by atoms with Crippen LogP contribution in [0.4, 0.5) is 10.5 Å². The van der Waals surface area contributed by atoms with Crippen molar-refractivity contribution in [2.24, 2.45) is 0 Å². The standard InChI is InChI=1S/C16H23N7O/c1-10-19-13(22-21-10)11-5-6-23(9-11)15(24)20-12-7-17-14(18-8-12)16(2,3)4/h7-8,11H,5-6,9H2,1-4H3,(H,20,24)(H,19,21,22)/t11-/m0/s1. The highest BCUT2D eigenvalue weighted by Crippen LogP contribution is 2.25. The van der Waals surface area contributed by atoms with Crippen molar-refractivity contribution in [2.75, 3.05) is 18.4 Å². The average Bonchev–Trinajstić information content (AvgIpc) is 3.15. The van der Waals surface area contributed by atoms with Gasteiger partial charge in [-0.3, -0.25) is 5.10 Å². The molecule has 1 fully saturated rings. The molecule has 0 unspecified atom stereocenters. The molecule has 3 heterocycles. The van der Waals surface area contributed by atoms with E-state index in [0.717, 1.165) is 23.9 Å². The van der Waals surface area contributed by atoms with Crippen LogP contribution in [0.15, 0.2) is 12.4 Å². The van der Waals surface area contributed by atoms with Gasteiger partial charge < -0.3 is 10.2 Å². The Morgan fingerprint density at radius 2 is 2.04 bits per heavy atom. The Morgan fingerprint density at radius 3 is 2.62 bits per heavy atom. The summed E-state index contributed by atoms with van der Waals surface area (Å²) in [5, 5.41) is 9.90. The van der Waals surface area contributed by atoms with Crippen molar-refractivity contribution in [3.05, 3.63) is 29.9 Å². The predicted octanol–water partition coefficient (Wildman–Crippen LogP) is 2.22. The molecule has 8 nitrogen and oxygen atoms in total. The number of hydrogen-bond acceptors (Lipinski definition) is 5. The molecule has 0 radical (unpaired) electrons. The number of urea groups is 1. The Bertz CT molecular complexity index is 717. The fourth-order valence-electron chi connectivity index (χ4n) is 2.68. The number of amides is 2. The van der Waals surface area contributed by atoms with Gasteiger partial charge in [-0.25, -0.2) is 19.7 Å². The second kappa shape index (κ2) is 6.18. The van der Waals surface area contributed by atoms with E-state index in [1.54, 1.807) is 17.3 Å². The van der Waals surface area contributed by atoms with E-state index < -0.39 is 0 Å². The highest BCUT2D eigenvalue weighted by Gasteiger charge is 2.30. The number of aromatic amines is 1. The maximum atomic E-state index is 12.4. The normalized spacial score (nSPS) is 18.0. The number of nitrogens with zero attached hydrogens (tertiary/aromatic N) is 5. The zero-order chi connectivity index (χ0) is 17.3. The number of aryl methyl sites for hydroxylation is 1. The van der Waals surface area contributed by atoms with Crippen LogP contribution in [0.5, 0.6) is 0 Å². The molecule has 1 atom stereocenters. The van der Waals surface area contributed by atoms with Gasteiger partial charge in [-0.15, -0.1) is 0 Å². The molecule has 3 rings (SSSR count). The third kappa shape index (κ3) is 3.52. The number of H-pyrrole nitrogens is 1. The quantitative estimate of drug-likeness (QED) is 0.880. The molecule has 1 aliphatic heterocycles. The molecule has 1 saturated heterocycles. The monoisotopic (exact) mass is 329 g/mol. The summed E-state index contributed by atoms with van der Waals surface area (Å²) in [4.78, 5) is 27.2. The van der Waals surface area contributed by atoms with Gasteiger partial charge in [0, 0.05) is 24.4 Å². The van der Waals surface area contributed by atoms with E-state index in [1.807, 2.05) is 6.92 Å². The van der Waals surface area contributed by atoms with Crippen molar-refractivity contribution < 1.29 is 4.79 Å². The highest BCUT2D eigenvalue weighted by atomic mass is 16.2. The Labute approximate surface area is 141 Å². The summed E-state index contributed by atoms with van der Waals surface area (Å²) in [6.45, 7) is 9.33. The van der Waals surface area contributed by atoms with Crippen LogP contribution in [-0.2, 0) is 5.41 Å². The Hall–Kier alpha value is -2.51. The first-order valence-corrected chi connectivity index (χ1v) is 8.10. The molecule has 2 aromatic heterocycles. The van der Waals surface area contributed by atoms with E-state index in [1.165, 1.54) is 0 Å². The molecule has 24 heavy (non-hydrogen) atoms. The number of carbonyl (C=O) groups is 1. The molecule has 2 N–H and O–H groups in total. The van der Waals surface area contributed by atoms with Gasteiger partial charge in [0.2, 0.25) is 0 Å². The molecule has 8 heteroatoms. The number of anilines is 1. The fourth-order valence-corrected chi connectivity index (χ4v) is 2.68. The first-order valence-electron chi connectivity index (χ1n) is 8.10. The topological polar surface area (TPSA) is 99.7 Å². The summed E-state index contributed by atoms with van der Waals surface area (Å²) in [7, 11) is 0. The van der Waals surface area contributed by atoms with Crippen LogP contribution in [-0.4, -0.2) is 49.2 Å². The van der Waals surface area contributed by atoms with Crippen molar-refractivity contribution in [1.29, 1.82) is 0 Å². The lowest BCUT2D eigenvalue weighted by molar-refractivity contribution is 0.222. The molecule has 0 bridgehead atoms. The van der Waals surface area contributed by atoms with Crippen LogP contribution < -0.4 is 5.32 Å². The average molecular weight is 329 g/mol. The number of nitrogens with one attached hydrogen (secondary N) is 2. The van der Waals surface area contributed by atoms with Crippen LogP contribution in [0.3, 0.4) is 0 Å². The van der Waals surface area contributed by atoms with Gasteiger partial charge in [0.25, 0.3) is 0 Å². The molecule has 0 saturated carbocycles. The minimum atomic E-state index is -0.142. The predicted molar refractivity (Wildman–Crippen MR) is 89.8 cm³/mol. The second-order valence-electron chi connectivity index (χ2n) is 7.19. The van der Waals surface area contributed by atoms with Crippen LogP contribution in [0.2, 0.25) is 0 Å². The maximum absolute atomic E-state index is 12.4. The lowest BCUT2D eigenvalue weighted by atomic mass is 9.96. The lowest BCUT2D eigenvalue weighted by Crippen LogP contribution is -2.33. The van der Waals surface area contributed by atoms with Crippen LogP contribution >= 0.6 is 0 Å². The first kappa shape index (κ1) is 16.4. The van der Waals surface area contributed by atoms with Crippen molar-refractivity contribution in [1.82, 2.24) is 30.0 Å². The van der Waals surface area contributed by atoms with E-state index in [0.29, 0.717) is 18.8 Å². The van der Waals surface area contributed by atoms with Crippen LogP contribution in [0, 0.1) is 6.92 Å². The second-order valence-corrected chi connectivity index (χ2v) is 7.19. The molecule has 2 amide bonds. The van der Waals surface area contributed by atoms with Gasteiger partial charge in [-0.2, -0.15) is 5.10 Å². The van der Waals surface area contributed by atoms with Gasteiger partial charge >= 0.3 is 6.03 Å². The van der Waals surface area contributed by atoms with Gasteiger partial charge in [-0.1, -0.05) is 20.8 Å². The number of carbonyl (C=O) groups excluding carboxylic acids is 1. The van der Waals surface area contributed by atoms with E-state index in [4.69, 9.17) is 0 Å². The fraction of sp³-hybridized carbons (Fsp3) is 0.562. The molecule has 128 valence electrons. The molecule has 2 aromatic rings. The van der Waals surface area contributed by atoms with Crippen molar-refractivity contribution in [2.45, 2.75) is 45.4 Å². The van der Waals surface area contributed by atoms with Gasteiger partial charge in [0.05, 0.1) is 18.1 Å². The molecule has 1 aliphatic rings. The number of likely N-dealkylation sites (tertiary alicyclic amines) is 1. The van der Waals surface area contributed by atoms with E-state index >= 15 is 0 Å². The van der Waals surface area contributed by atoms with Crippen molar-refractivity contribution in [3.63, 3.8) is 0 Å². The van der Waals surface area contributed by atoms with E-state index in [9.17, 15) is 4.79 Å². The smallest absolute Gasteiger partial charge is 0.321 e. The molecular weight excluding hydrogens is 306 g/mol. The minimum Gasteiger partial charge on any atom is -0.324 e. The summed E-state index contributed by atoms with van der Waals surface area (Å²) in [6.07, 6.45) is 4.17. The minimum absolute atomic E-state index is 0.112. The Morgan fingerprint density at radius 1 is 1.33 bits per heavy atom. The number of hydrogen-bond donors (Lipinski definition) is 2. The lowest BCUT2D eigenvalue weighted by Gasteiger charge is -2.18. The number of aromatic nitrogens is 5. The maximum Gasteiger partial charge on any atom is 0.321 e. The first-order chi connectivity index (χ1) is 11.3. The molecule has 0 aromatic carbocycles.